The van der Waals surface area contributed by atoms with E-state index < -0.39 is 17.4 Å². The highest BCUT2D eigenvalue weighted by atomic mass is 16.5. The van der Waals surface area contributed by atoms with Crippen LogP contribution < -0.4 is 5.32 Å². The van der Waals surface area contributed by atoms with E-state index in [-0.39, 0.29) is 5.76 Å². The molecule has 0 unspecified atom stereocenters. The van der Waals surface area contributed by atoms with Crippen LogP contribution in [0.2, 0.25) is 0 Å². The molecule has 2 aromatic rings. The number of hydrogen-bond acceptors (Lipinski definition) is 4. The predicted octanol–water partition coefficient (Wildman–Crippen LogP) is 2.42. The molecule has 0 aliphatic carbocycles. The highest BCUT2D eigenvalue weighted by Crippen LogP contribution is 2.25. The Morgan fingerprint density at radius 1 is 1.25 bits per heavy atom. The predicted molar refractivity (Wildman–Crippen MR) is 74.5 cm³/mol. The van der Waals surface area contributed by atoms with Gasteiger partial charge in [0.05, 0.1) is 7.11 Å². The molecule has 1 amide bonds. The van der Waals surface area contributed by atoms with Crippen molar-refractivity contribution in [3.05, 3.63) is 35.6 Å². The largest absolute Gasteiger partial charge is 0.467 e. The van der Waals surface area contributed by atoms with E-state index in [1.165, 1.54) is 7.11 Å². The number of amides is 1. The van der Waals surface area contributed by atoms with Crippen molar-refractivity contribution in [2.45, 2.75) is 26.3 Å². The van der Waals surface area contributed by atoms with Crippen LogP contribution in [0.5, 0.6) is 0 Å². The number of hydrogen-bond donors (Lipinski definition) is 1. The van der Waals surface area contributed by atoms with Crippen LogP contribution in [0.25, 0.3) is 11.0 Å². The molecule has 1 N–H and O–H groups in total. The quantitative estimate of drug-likeness (QED) is 0.873. The standard InChI is InChI=1S/C15H17NO4/c1-9-10-7-5-6-8-11(10)20-12(9)13(17)16-15(2,3)14(18)19-4/h5-8H,1-4H3,(H,16,17). The summed E-state index contributed by atoms with van der Waals surface area (Å²) in [5.41, 5.74) is 0.279. The van der Waals surface area contributed by atoms with Gasteiger partial charge in [-0.2, -0.15) is 0 Å². The van der Waals surface area contributed by atoms with Gasteiger partial charge >= 0.3 is 5.97 Å². The minimum Gasteiger partial charge on any atom is -0.467 e. The molecule has 0 spiro atoms. The lowest BCUT2D eigenvalue weighted by Crippen LogP contribution is -2.50. The summed E-state index contributed by atoms with van der Waals surface area (Å²) in [5, 5.41) is 3.50. The number of esters is 1. The van der Waals surface area contributed by atoms with E-state index >= 15 is 0 Å². The molecule has 5 nitrogen and oxygen atoms in total. The zero-order valence-corrected chi connectivity index (χ0v) is 11.9. The van der Waals surface area contributed by atoms with Crippen molar-refractivity contribution in [2.24, 2.45) is 0 Å². The van der Waals surface area contributed by atoms with E-state index in [4.69, 9.17) is 4.42 Å². The number of methoxy groups -OCH3 is 1. The van der Waals surface area contributed by atoms with Gasteiger partial charge in [-0.3, -0.25) is 4.79 Å². The van der Waals surface area contributed by atoms with E-state index in [0.29, 0.717) is 5.58 Å². The van der Waals surface area contributed by atoms with Crippen molar-refractivity contribution in [3.8, 4) is 0 Å². The van der Waals surface area contributed by atoms with Crippen molar-refractivity contribution in [2.75, 3.05) is 7.11 Å². The molecule has 2 rings (SSSR count). The number of aryl methyl sites for hydroxylation is 1. The summed E-state index contributed by atoms with van der Waals surface area (Å²) in [7, 11) is 1.28. The fourth-order valence-corrected chi connectivity index (χ4v) is 2.04. The van der Waals surface area contributed by atoms with Gasteiger partial charge in [-0.25, -0.2) is 4.79 Å². The fourth-order valence-electron chi connectivity index (χ4n) is 2.04. The molecule has 1 aromatic heterocycles. The number of para-hydroxylation sites is 1. The van der Waals surface area contributed by atoms with E-state index in [1.54, 1.807) is 19.9 Å². The van der Waals surface area contributed by atoms with Gasteiger partial charge in [-0.05, 0) is 26.8 Å². The Labute approximate surface area is 116 Å². The topological polar surface area (TPSA) is 68.5 Å². The molecule has 0 saturated heterocycles. The van der Waals surface area contributed by atoms with Crippen LogP contribution in [0.4, 0.5) is 0 Å². The molecule has 1 aromatic carbocycles. The van der Waals surface area contributed by atoms with Gasteiger partial charge in [0.15, 0.2) is 5.76 Å². The summed E-state index contributed by atoms with van der Waals surface area (Å²) >= 11 is 0. The van der Waals surface area contributed by atoms with Crippen molar-refractivity contribution in [1.82, 2.24) is 5.32 Å². The second-order valence-electron chi connectivity index (χ2n) is 5.12. The van der Waals surface area contributed by atoms with E-state index in [2.05, 4.69) is 10.1 Å². The molecule has 0 aliphatic heterocycles. The van der Waals surface area contributed by atoms with Gasteiger partial charge < -0.3 is 14.5 Å². The zero-order valence-electron chi connectivity index (χ0n) is 11.9. The van der Waals surface area contributed by atoms with E-state index in [1.807, 2.05) is 25.1 Å². The van der Waals surface area contributed by atoms with Gasteiger partial charge in [0.1, 0.15) is 11.1 Å². The third-order valence-electron chi connectivity index (χ3n) is 3.17. The Bertz CT molecular complexity index is 670. The van der Waals surface area contributed by atoms with E-state index in [9.17, 15) is 9.59 Å². The van der Waals surface area contributed by atoms with Crippen molar-refractivity contribution in [1.29, 1.82) is 0 Å². The molecule has 106 valence electrons. The van der Waals surface area contributed by atoms with Crippen LogP contribution in [0.15, 0.2) is 28.7 Å². The summed E-state index contributed by atoms with van der Waals surface area (Å²) in [4.78, 5) is 23.8. The van der Waals surface area contributed by atoms with Crippen LogP contribution in [0.1, 0.15) is 30.0 Å². The average Bonchev–Trinajstić information content (AvgIpc) is 2.75. The van der Waals surface area contributed by atoms with Crippen LogP contribution in [0.3, 0.4) is 0 Å². The first-order chi connectivity index (χ1) is 9.36. The molecule has 5 heteroatoms. The summed E-state index contributed by atoms with van der Waals surface area (Å²) in [6.07, 6.45) is 0. The van der Waals surface area contributed by atoms with Crippen LogP contribution >= 0.6 is 0 Å². The van der Waals surface area contributed by atoms with Gasteiger partial charge in [0.25, 0.3) is 5.91 Å². The lowest BCUT2D eigenvalue weighted by molar-refractivity contribution is -0.146. The molecular weight excluding hydrogens is 258 g/mol. The van der Waals surface area contributed by atoms with Gasteiger partial charge in [-0.1, -0.05) is 18.2 Å². The molecule has 0 fully saturated rings. The highest BCUT2D eigenvalue weighted by Gasteiger charge is 2.32. The molecule has 20 heavy (non-hydrogen) atoms. The molecule has 0 atom stereocenters. The molecule has 1 heterocycles. The van der Waals surface area contributed by atoms with E-state index in [0.717, 1.165) is 10.9 Å². The van der Waals surface area contributed by atoms with Gasteiger partial charge in [-0.15, -0.1) is 0 Å². The summed E-state index contributed by atoms with van der Waals surface area (Å²) < 4.78 is 10.2. The SMILES string of the molecule is COC(=O)C(C)(C)NC(=O)c1oc2ccccc2c1C. The minimum absolute atomic E-state index is 0.211. The maximum absolute atomic E-state index is 12.3. The molecule has 0 saturated carbocycles. The Hall–Kier alpha value is -2.30. The summed E-state index contributed by atoms with van der Waals surface area (Å²) in [5.74, 6) is -0.739. The number of carbonyl (C=O) groups is 2. The van der Waals surface area contributed by atoms with Crippen molar-refractivity contribution < 1.29 is 18.7 Å². The minimum atomic E-state index is -1.11. The highest BCUT2D eigenvalue weighted by molar-refractivity contribution is 6.01. The average molecular weight is 275 g/mol. The lowest BCUT2D eigenvalue weighted by Gasteiger charge is -2.22. The number of ether oxygens (including phenoxy) is 1. The van der Waals surface area contributed by atoms with Crippen LogP contribution in [-0.4, -0.2) is 24.5 Å². The van der Waals surface area contributed by atoms with Crippen molar-refractivity contribution >= 4 is 22.8 Å². The van der Waals surface area contributed by atoms with Crippen LogP contribution in [0, 0.1) is 6.92 Å². The normalized spacial score (nSPS) is 11.4. The molecular formula is C15H17NO4. The molecule has 0 bridgehead atoms. The first kappa shape index (κ1) is 14.1. The third kappa shape index (κ3) is 2.39. The maximum Gasteiger partial charge on any atom is 0.330 e. The second kappa shape index (κ2) is 5.00. The molecule has 0 radical (unpaired) electrons. The monoisotopic (exact) mass is 275 g/mol. The van der Waals surface area contributed by atoms with Crippen LogP contribution in [-0.2, 0) is 9.53 Å². The first-order valence-corrected chi connectivity index (χ1v) is 6.26. The number of furan rings is 1. The van der Waals surface area contributed by atoms with Gasteiger partial charge in [0, 0.05) is 10.9 Å². The number of rotatable bonds is 3. The lowest BCUT2D eigenvalue weighted by atomic mass is 10.1. The number of fused-ring (bicyclic) bond motifs is 1. The summed E-state index contributed by atoms with van der Waals surface area (Å²) in [6, 6.07) is 7.40. The maximum atomic E-state index is 12.3. The Balaban J connectivity index is 2.33. The fraction of sp³-hybridized carbons (Fsp3) is 0.333. The zero-order chi connectivity index (χ0) is 14.9. The summed E-state index contributed by atoms with van der Waals surface area (Å²) in [6.45, 7) is 4.97. The Morgan fingerprint density at radius 3 is 2.50 bits per heavy atom. The number of carbonyl (C=O) groups excluding carboxylic acids is 2. The first-order valence-electron chi connectivity index (χ1n) is 6.26. The Morgan fingerprint density at radius 2 is 1.90 bits per heavy atom. The smallest absolute Gasteiger partial charge is 0.330 e. The third-order valence-corrected chi connectivity index (χ3v) is 3.17. The van der Waals surface area contributed by atoms with Gasteiger partial charge in [0.2, 0.25) is 0 Å². The number of benzene rings is 1. The second-order valence-corrected chi connectivity index (χ2v) is 5.12. The Kier molecular flexibility index (Phi) is 3.53. The molecule has 0 aliphatic rings. The number of nitrogens with one attached hydrogen (secondary N) is 1. The van der Waals surface area contributed by atoms with Crippen molar-refractivity contribution in [3.63, 3.8) is 0 Å².